The van der Waals surface area contributed by atoms with E-state index in [0.717, 1.165) is 12.0 Å². The molecule has 2 unspecified atom stereocenters. The van der Waals surface area contributed by atoms with Crippen molar-refractivity contribution < 1.29 is 4.21 Å². The summed E-state index contributed by atoms with van der Waals surface area (Å²) in [4.78, 5) is 0. The molecule has 0 amide bonds. The largest absolute Gasteiger partial charge is 0.330 e. The minimum Gasteiger partial charge on any atom is -0.330 e. The average Bonchev–Trinajstić information content (AvgIpc) is 2.30. The first kappa shape index (κ1) is 14.4. The van der Waals surface area contributed by atoms with Crippen LogP contribution in [0.25, 0.3) is 0 Å². The third kappa shape index (κ3) is 4.60. The van der Waals surface area contributed by atoms with Crippen molar-refractivity contribution in [2.24, 2.45) is 5.73 Å². The molecule has 0 aliphatic rings. The van der Waals surface area contributed by atoms with Gasteiger partial charge >= 0.3 is 0 Å². The maximum atomic E-state index is 12.0. The van der Waals surface area contributed by atoms with Crippen molar-refractivity contribution in [2.75, 3.05) is 6.54 Å². The highest BCUT2D eigenvalue weighted by atomic mass is 32.2. The topological polar surface area (TPSA) is 43.1 Å². The second-order valence-electron chi connectivity index (χ2n) is 4.81. The van der Waals surface area contributed by atoms with Gasteiger partial charge in [0.1, 0.15) is 0 Å². The summed E-state index contributed by atoms with van der Waals surface area (Å²) in [5.74, 6) is 1.19. The van der Waals surface area contributed by atoms with Gasteiger partial charge in [-0.2, -0.15) is 0 Å². The van der Waals surface area contributed by atoms with Crippen LogP contribution in [0.5, 0.6) is 0 Å². The predicted molar refractivity (Wildman–Crippen MR) is 75.5 cm³/mol. The van der Waals surface area contributed by atoms with Crippen LogP contribution in [0, 0.1) is 0 Å². The summed E-state index contributed by atoms with van der Waals surface area (Å²) in [6, 6.07) is 8.43. The summed E-state index contributed by atoms with van der Waals surface area (Å²) in [5.41, 5.74) is 7.96. The maximum Gasteiger partial charge on any atom is 0.0488 e. The van der Waals surface area contributed by atoms with Gasteiger partial charge < -0.3 is 5.73 Å². The summed E-state index contributed by atoms with van der Waals surface area (Å²) >= 11 is 0. The van der Waals surface area contributed by atoms with Crippen LogP contribution in [0.15, 0.2) is 24.3 Å². The number of hydrogen-bond donors (Lipinski definition) is 1. The summed E-state index contributed by atoms with van der Waals surface area (Å²) in [7, 11) is -0.813. The Kier molecular flexibility index (Phi) is 5.86. The molecule has 2 N–H and O–H groups in total. The number of hydrogen-bond acceptors (Lipinski definition) is 2. The molecule has 1 aromatic carbocycles. The first-order chi connectivity index (χ1) is 8.04. The van der Waals surface area contributed by atoms with E-state index >= 15 is 0 Å². The van der Waals surface area contributed by atoms with Crippen molar-refractivity contribution in [1.82, 2.24) is 0 Å². The van der Waals surface area contributed by atoms with Gasteiger partial charge in [0.2, 0.25) is 0 Å². The lowest BCUT2D eigenvalue weighted by molar-refractivity contribution is 0.665. The van der Waals surface area contributed by atoms with Crippen LogP contribution in [0.4, 0.5) is 0 Å². The molecule has 2 atom stereocenters. The van der Waals surface area contributed by atoms with E-state index in [4.69, 9.17) is 5.73 Å². The van der Waals surface area contributed by atoms with E-state index in [1.54, 1.807) is 0 Å². The zero-order valence-electron chi connectivity index (χ0n) is 11.0. The molecule has 0 aliphatic carbocycles. The van der Waals surface area contributed by atoms with Crippen LogP contribution < -0.4 is 5.73 Å². The fourth-order valence-electron chi connectivity index (χ4n) is 1.67. The zero-order valence-corrected chi connectivity index (χ0v) is 11.8. The number of benzene rings is 1. The third-order valence-electron chi connectivity index (χ3n) is 2.98. The lowest BCUT2D eigenvalue weighted by atomic mass is 10.0. The van der Waals surface area contributed by atoms with E-state index in [9.17, 15) is 4.21 Å². The first-order valence-corrected chi connectivity index (χ1v) is 7.59. The monoisotopic (exact) mass is 253 g/mol. The molecular formula is C14H23NOS. The normalized spacial score (nSPS) is 14.9. The van der Waals surface area contributed by atoms with Crippen molar-refractivity contribution in [1.29, 1.82) is 0 Å². The van der Waals surface area contributed by atoms with E-state index < -0.39 is 10.8 Å². The lowest BCUT2D eigenvalue weighted by Crippen LogP contribution is -2.17. The summed E-state index contributed by atoms with van der Waals surface area (Å²) in [6.07, 6.45) is 0.830. The van der Waals surface area contributed by atoms with E-state index in [0.29, 0.717) is 18.2 Å². The highest BCUT2D eigenvalue weighted by Crippen LogP contribution is 2.16. The Balaban J connectivity index is 2.60. The minimum atomic E-state index is -0.813. The Labute approximate surface area is 107 Å². The highest BCUT2D eigenvalue weighted by molar-refractivity contribution is 7.84. The zero-order chi connectivity index (χ0) is 12.8. The van der Waals surface area contributed by atoms with E-state index in [1.807, 2.05) is 6.92 Å². The van der Waals surface area contributed by atoms with Crippen molar-refractivity contribution >= 4 is 10.8 Å². The smallest absolute Gasteiger partial charge is 0.0488 e. The van der Waals surface area contributed by atoms with Gasteiger partial charge in [-0.1, -0.05) is 45.0 Å². The molecule has 0 saturated carbocycles. The molecule has 0 heterocycles. The summed E-state index contributed by atoms with van der Waals surface area (Å²) in [6.45, 7) is 6.97. The van der Waals surface area contributed by atoms with Gasteiger partial charge in [-0.25, -0.2) is 0 Å². The third-order valence-corrected chi connectivity index (χ3v) is 4.73. The molecule has 0 spiro atoms. The summed E-state index contributed by atoms with van der Waals surface area (Å²) < 4.78 is 12.0. The fourth-order valence-corrected chi connectivity index (χ4v) is 2.88. The predicted octanol–water partition coefficient (Wildman–Crippen LogP) is 2.80. The van der Waals surface area contributed by atoms with Gasteiger partial charge in [0, 0.05) is 21.8 Å². The molecule has 2 nitrogen and oxygen atoms in total. The van der Waals surface area contributed by atoms with Gasteiger partial charge in [0.15, 0.2) is 0 Å². The Morgan fingerprint density at radius 3 is 2.24 bits per heavy atom. The van der Waals surface area contributed by atoms with Crippen LogP contribution in [-0.4, -0.2) is 16.0 Å². The molecule has 1 rings (SSSR count). The van der Waals surface area contributed by atoms with Crippen LogP contribution in [0.1, 0.15) is 44.2 Å². The Bertz CT molecular complexity index is 359. The minimum absolute atomic E-state index is 0.185. The van der Waals surface area contributed by atoms with Crippen LogP contribution in [0.3, 0.4) is 0 Å². The van der Waals surface area contributed by atoms with Crippen molar-refractivity contribution in [3.63, 3.8) is 0 Å². The SMILES string of the molecule is CC(C)c1ccc(CS(=O)C(C)CCN)cc1. The molecular weight excluding hydrogens is 230 g/mol. The molecule has 0 saturated heterocycles. The average molecular weight is 253 g/mol. The van der Waals surface area contributed by atoms with Crippen LogP contribution >= 0.6 is 0 Å². The fraction of sp³-hybridized carbons (Fsp3) is 0.571. The Morgan fingerprint density at radius 2 is 1.76 bits per heavy atom. The molecule has 0 fully saturated rings. The first-order valence-electron chi connectivity index (χ1n) is 6.20. The molecule has 3 heteroatoms. The molecule has 17 heavy (non-hydrogen) atoms. The number of nitrogens with two attached hydrogens (primary N) is 1. The molecule has 0 aliphatic heterocycles. The van der Waals surface area contributed by atoms with Gasteiger partial charge in [-0.05, 0) is 30.0 Å². The van der Waals surface area contributed by atoms with Gasteiger partial charge in [0.25, 0.3) is 0 Å². The molecule has 1 aromatic rings. The lowest BCUT2D eigenvalue weighted by Gasteiger charge is -2.11. The maximum absolute atomic E-state index is 12.0. The van der Waals surface area contributed by atoms with Crippen LogP contribution in [0.2, 0.25) is 0 Å². The summed E-state index contributed by atoms with van der Waals surface area (Å²) in [5, 5.41) is 0.185. The van der Waals surface area contributed by atoms with Crippen molar-refractivity contribution in [3.05, 3.63) is 35.4 Å². The van der Waals surface area contributed by atoms with Crippen LogP contribution in [-0.2, 0) is 16.6 Å². The highest BCUT2D eigenvalue weighted by Gasteiger charge is 2.10. The Hall–Kier alpha value is -0.670. The van der Waals surface area contributed by atoms with Crippen molar-refractivity contribution in [3.8, 4) is 0 Å². The quantitative estimate of drug-likeness (QED) is 0.847. The Morgan fingerprint density at radius 1 is 1.18 bits per heavy atom. The molecule has 96 valence electrons. The van der Waals surface area contributed by atoms with Crippen molar-refractivity contribution in [2.45, 2.75) is 44.1 Å². The second-order valence-corrected chi connectivity index (χ2v) is 6.66. The van der Waals surface area contributed by atoms with E-state index in [1.165, 1.54) is 5.56 Å². The number of rotatable bonds is 6. The second kappa shape index (κ2) is 6.92. The molecule has 0 radical (unpaired) electrons. The van der Waals surface area contributed by atoms with Gasteiger partial charge in [0.05, 0.1) is 0 Å². The standard InChI is InChI=1S/C14H23NOS/c1-11(2)14-6-4-13(5-7-14)10-17(16)12(3)8-9-15/h4-7,11-12H,8-10,15H2,1-3H3. The van der Waals surface area contributed by atoms with E-state index in [-0.39, 0.29) is 5.25 Å². The molecule has 0 aromatic heterocycles. The van der Waals surface area contributed by atoms with E-state index in [2.05, 4.69) is 38.1 Å². The van der Waals surface area contributed by atoms with Gasteiger partial charge in [-0.15, -0.1) is 0 Å². The molecule has 0 bridgehead atoms. The van der Waals surface area contributed by atoms with Gasteiger partial charge in [-0.3, -0.25) is 4.21 Å².